The highest BCUT2D eigenvalue weighted by molar-refractivity contribution is 5.94. The van der Waals surface area contributed by atoms with Crippen molar-refractivity contribution in [2.45, 2.75) is 19.9 Å². The first kappa shape index (κ1) is 15.0. The molecule has 0 saturated heterocycles. The van der Waals surface area contributed by atoms with Crippen LogP contribution in [-0.2, 0) is 6.54 Å². The maximum atomic E-state index is 12.0. The van der Waals surface area contributed by atoms with Gasteiger partial charge in [-0.3, -0.25) is 9.78 Å². The van der Waals surface area contributed by atoms with Gasteiger partial charge in [0.15, 0.2) is 0 Å². The molecule has 0 aliphatic carbocycles. The van der Waals surface area contributed by atoms with E-state index in [9.17, 15) is 4.79 Å². The second kappa shape index (κ2) is 7.43. The number of pyridine rings is 1. The van der Waals surface area contributed by atoms with Gasteiger partial charge in [0, 0.05) is 26.3 Å². The Morgan fingerprint density at radius 1 is 1.24 bits per heavy atom. The van der Waals surface area contributed by atoms with Crippen molar-refractivity contribution in [3.05, 3.63) is 59.9 Å². The van der Waals surface area contributed by atoms with Gasteiger partial charge in [-0.2, -0.15) is 0 Å². The summed E-state index contributed by atoms with van der Waals surface area (Å²) in [5.41, 5.74) is 2.75. The smallest absolute Gasteiger partial charge is 0.252 e. The topological polar surface area (TPSA) is 45.2 Å². The molecule has 2 rings (SSSR count). The van der Waals surface area contributed by atoms with Gasteiger partial charge < -0.3 is 10.2 Å². The molecule has 110 valence electrons. The maximum absolute atomic E-state index is 12.0. The summed E-state index contributed by atoms with van der Waals surface area (Å²) in [6.45, 7) is 3.49. The minimum absolute atomic E-state index is 0.0701. The van der Waals surface area contributed by atoms with E-state index in [1.165, 1.54) is 5.56 Å². The number of nitrogens with one attached hydrogen (secondary N) is 1. The molecular formula is C17H21N3O. The van der Waals surface area contributed by atoms with Crippen molar-refractivity contribution in [3.63, 3.8) is 0 Å². The standard InChI is InChI=1S/C17H21N3O/c1-3-9-19-17(21)15-10-16(12-18-11-15)20(2)13-14-7-5-4-6-8-14/h4-8,10-12H,3,9,13H2,1-2H3,(H,19,21). The number of hydrogen-bond acceptors (Lipinski definition) is 3. The molecule has 0 radical (unpaired) electrons. The number of amides is 1. The second-order valence-corrected chi connectivity index (χ2v) is 5.03. The van der Waals surface area contributed by atoms with Crippen molar-refractivity contribution >= 4 is 11.6 Å². The first-order chi connectivity index (χ1) is 10.2. The van der Waals surface area contributed by atoms with Gasteiger partial charge in [-0.25, -0.2) is 0 Å². The van der Waals surface area contributed by atoms with Gasteiger partial charge in [0.2, 0.25) is 0 Å². The maximum Gasteiger partial charge on any atom is 0.252 e. The van der Waals surface area contributed by atoms with Gasteiger partial charge in [0.1, 0.15) is 0 Å². The number of aromatic nitrogens is 1. The molecular weight excluding hydrogens is 262 g/mol. The molecule has 1 aromatic carbocycles. The van der Waals surface area contributed by atoms with Gasteiger partial charge >= 0.3 is 0 Å². The summed E-state index contributed by atoms with van der Waals surface area (Å²) >= 11 is 0. The Labute approximate surface area is 125 Å². The van der Waals surface area contributed by atoms with Crippen LogP contribution >= 0.6 is 0 Å². The van der Waals surface area contributed by atoms with Gasteiger partial charge in [-0.1, -0.05) is 37.3 Å². The van der Waals surface area contributed by atoms with Crippen LogP contribution in [0.1, 0.15) is 29.3 Å². The Morgan fingerprint density at radius 3 is 2.71 bits per heavy atom. The van der Waals surface area contributed by atoms with Crippen molar-refractivity contribution in [1.29, 1.82) is 0 Å². The van der Waals surface area contributed by atoms with Crippen LogP contribution in [0.5, 0.6) is 0 Å². The minimum atomic E-state index is -0.0701. The molecule has 0 aliphatic rings. The Kier molecular flexibility index (Phi) is 5.32. The lowest BCUT2D eigenvalue weighted by molar-refractivity contribution is 0.0953. The van der Waals surface area contributed by atoms with E-state index < -0.39 is 0 Å². The largest absolute Gasteiger partial charge is 0.369 e. The predicted molar refractivity (Wildman–Crippen MR) is 85.4 cm³/mol. The summed E-state index contributed by atoms with van der Waals surface area (Å²) in [5.74, 6) is -0.0701. The molecule has 1 N–H and O–H groups in total. The van der Waals surface area contributed by atoms with Crippen LogP contribution in [-0.4, -0.2) is 24.5 Å². The van der Waals surface area contributed by atoms with Gasteiger partial charge in [-0.15, -0.1) is 0 Å². The third-order valence-electron chi connectivity index (χ3n) is 3.22. The number of hydrogen-bond donors (Lipinski definition) is 1. The van der Waals surface area contributed by atoms with E-state index in [2.05, 4.69) is 27.3 Å². The monoisotopic (exact) mass is 283 g/mol. The average Bonchev–Trinajstić information content (AvgIpc) is 2.53. The summed E-state index contributed by atoms with van der Waals surface area (Å²) in [7, 11) is 2.00. The average molecular weight is 283 g/mol. The van der Waals surface area contributed by atoms with E-state index in [0.717, 1.165) is 18.7 Å². The van der Waals surface area contributed by atoms with Crippen molar-refractivity contribution in [1.82, 2.24) is 10.3 Å². The summed E-state index contributed by atoms with van der Waals surface area (Å²) in [4.78, 5) is 18.2. The first-order valence-corrected chi connectivity index (χ1v) is 7.19. The third kappa shape index (κ3) is 4.31. The first-order valence-electron chi connectivity index (χ1n) is 7.19. The van der Waals surface area contributed by atoms with E-state index in [4.69, 9.17) is 0 Å². The number of benzene rings is 1. The van der Waals surface area contributed by atoms with Crippen molar-refractivity contribution < 1.29 is 4.79 Å². The fraction of sp³-hybridized carbons (Fsp3) is 0.294. The van der Waals surface area contributed by atoms with E-state index in [1.54, 1.807) is 12.4 Å². The van der Waals surface area contributed by atoms with Gasteiger partial charge in [0.25, 0.3) is 5.91 Å². The highest BCUT2D eigenvalue weighted by Gasteiger charge is 2.08. The quantitative estimate of drug-likeness (QED) is 0.886. The fourth-order valence-corrected chi connectivity index (χ4v) is 2.05. The normalized spacial score (nSPS) is 10.2. The number of carbonyl (C=O) groups excluding carboxylic acids is 1. The molecule has 2 aromatic rings. The molecule has 0 fully saturated rings. The number of rotatable bonds is 6. The van der Waals surface area contributed by atoms with Crippen molar-refractivity contribution in [3.8, 4) is 0 Å². The van der Waals surface area contributed by atoms with Crippen LogP contribution in [0.15, 0.2) is 48.8 Å². The van der Waals surface area contributed by atoms with Crippen molar-refractivity contribution in [2.75, 3.05) is 18.5 Å². The predicted octanol–water partition coefficient (Wildman–Crippen LogP) is 2.86. The molecule has 0 unspecified atom stereocenters. The summed E-state index contributed by atoms with van der Waals surface area (Å²) < 4.78 is 0. The zero-order valence-corrected chi connectivity index (χ0v) is 12.5. The Balaban J connectivity index is 2.07. The second-order valence-electron chi connectivity index (χ2n) is 5.03. The summed E-state index contributed by atoms with van der Waals surface area (Å²) in [6.07, 6.45) is 4.30. The molecule has 21 heavy (non-hydrogen) atoms. The zero-order valence-electron chi connectivity index (χ0n) is 12.5. The Morgan fingerprint density at radius 2 is 2.00 bits per heavy atom. The fourth-order valence-electron chi connectivity index (χ4n) is 2.05. The molecule has 0 atom stereocenters. The molecule has 0 spiro atoms. The van der Waals surface area contributed by atoms with E-state index in [1.807, 2.05) is 38.2 Å². The molecule has 1 amide bonds. The Bertz CT molecular complexity index is 584. The summed E-state index contributed by atoms with van der Waals surface area (Å²) in [6, 6.07) is 12.1. The lowest BCUT2D eigenvalue weighted by Crippen LogP contribution is -2.24. The van der Waals surface area contributed by atoms with Crippen LogP contribution in [0.2, 0.25) is 0 Å². The number of nitrogens with zero attached hydrogens (tertiary/aromatic N) is 2. The van der Waals surface area contributed by atoms with Gasteiger partial charge in [-0.05, 0) is 18.1 Å². The number of carbonyl (C=O) groups is 1. The van der Waals surface area contributed by atoms with Crippen LogP contribution < -0.4 is 10.2 Å². The van der Waals surface area contributed by atoms with Crippen LogP contribution in [0.25, 0.3) is 0 Å². The zero-order chi connectivity index (χ0) is 15.1. The van der Waals surface area contributed by atoms with E-state index in [0.29, 0.717) is 12.1 Å². The van der Waals surface area contributed by atoms with E-state index >= 15 is 0 Å². The molecule has 0 saturated carbocycles. The third-order valence-corrected chi connectivity index (χ3v) is 3.22. The molecule has 1 heterocycles. The number of anilines is 1. The highest BCUT2D eigenvalue weighted by atomic mass is 16.1. The molecule has 1 aromatic heterocycles. The SMILES string of the molecule is CCCNC(=O)c1cncc(N(C)Cc2ccccc2)c1. The van der Waals surface area contributed by atoms with Crippen LogP contribution in [0, 0.1) is 0 Å². The van der Waals surface area contributed by atoms with Crippen molar-refractivity contribution in [2.24, 2.45) is 0 Å². The van der Waals surface area contributed by atoms with E-state index in [-0.39, 0.29) is 5.91 Å². The molecule has 0 bridgehead atoms. The lowest BCUT2D eigenvalue weighted by Gasteiger charge is -2.19. The van der Waals surface area contributed by atoms with Crippen LogP contribution in [0.3, 0.4) is 0 Å². The lowest BCUT2D eigenvalue weighted by atomic mass is 10.2. The molecule has 4 heteroatoms. The molecule has 0 aliphatic heterocycles. The van der Waals surface area contributed by atoms with Gasteiger partial charge in [0.05, 0.1) is 17.4 Å². The summed E-state index contributed by atoms with van der Waals surface area (Å²) in [5, 5.41) is 2.87. The minimum Gasteiger partial charge on any atom is -0.369 e. The Hall–Kier alpha value is -2.36. The van der Waals surface area contributed by atoms with Crippen LogP contribution in [0.4, 0.5) is 5.69 Å². The molecule has 4 nitrogen and oxygen atoms in total. The highest BCUT2D eigenvalue weighted by Crippen LogP contribution is 2.15.